The second-order valence-electron chi connectivity index (χ2n) is 7.10. The van der Waals surface area contributed by atoms with E-state index in [0.29, 0.717) is 11.5 Å². The van der Waals surface area contributed by atoms with E-state index in [1.54, 1.807) is 11.8 Å². The van der Waals surface area contributed by atoms with Gasteiger partial charge in [0.15, 0.2) is 5.65 Å². The molecule has 2 aromatic carbocycles. The van der Waals surface area contributed by atoms with Crippen LogP contribution in [0.4, 0.5) is 0 Å². The Morgan fingerprint density at radius 1 is 1.11 bits per heavy atom. The molecule has 0 aliphatic carbocycles. The normalized spacial score (nSPS) is 11.4. The Morgan fingerprint density at radius 2 is 1.85 bits per heavy atom. The quantitative estimate of drug-likeness (QED) is 0.408. The topological polar surface area (TPSA) is 41.1 Å². The van der Waals surface area contributed by atoms with E-state index >= 15 is 0 Å². The predicted octanol–water partition coefficient (Wildman–Crippen LogP) is 6.08. The maximum Gasteiger partial charge on any atom is 0.157 e. The molecule has 0 N–H and O–H groups in total. The van der Waals surface area contributed by atoms with Crippen LogP contribution in [-0.2, 0) is 5.75 Å². The molecule has 27 heavy (non-hydrogen) atoms. The fourth-order valence-electron chi connectivity index (χ4n) is 3.32. The molecule has 0 atom stereocenters. The smallest absolute Gasteiger partial charge is 0.157 e. The summed E-state index contributed by atoms with van der Waals surface area (Å²) in [6, 6.07) is 21.3. The van der Waals surface area contributed by atoms with Crippen LogP contribution in [0, 0.1) is 18.3 Å². The Morgan fingerprint density at radius 3 is 2.56 bits per heavy atom. The van der Waals surface area contributed by atoms with Crippen molar-refractivity contribution in [1.29, 1.82) is 5.26 Å². The van der Waals surface area contributed by atoms with Crippen LogP contribution in [0.1, 0.15) is 42.0 Å². The summed E-state index contributed by atoms with van der Waals surface area (Å²) in [6.45, 7) is 6.41. The number of aromatic nitrogens is 2. The first-order chi connectivity index (χ1) is 13.1. The molecule has 0 bridgehead atoms. The molecule has 0 aliphatic heterocycles. The van der Waals surface area contributed by atoms with Gasteiger partial charge < -0.3 is 0 Å². The van der Waals surface area contributed by atoms with E-state index in [9.17, 15) is 5.26 Å². The second-order valence-corrected chi connectivity index (χ2v) is 8.09. The van der Waals surface area contributed by atoms with Crippen molar-refractivity contribution in [2.24, 2.45) is 0 Å². The van der Waals surface area contributed by atoms with E-state index < -0.39 is 0 Å². The van der Waals surface area contributed by atoms with Crippen LogP contribution in [0.5, 0.6) is 0 Å². The van der Waals surface area contributed by atoms with Crippen molar-refractivity contribution < 1.29 is 0 Å². The third kappa shape index (κ3) is 3.20. The van der Waals surface area contributed by atoms with Crippen molar-refractivity contribution in [1.82, 2.24) is 9.38 Å². The first-order valence-electron chi connectivity index (χ1n) is 9.11. The van der Waals surface area contributed by atoms with Gasteiger partial charge in [0, 0.05) is 5.75 Å². The molecule has 0 unspecified atom stereocenters. The van der Waals surface area contributed by atoms with Gasteiger partial charge in [0.2, 0.25) is 0 Å². The lowest BCUT2D eigenvalue weighted by Gasteiger charge is -2.11. The molecular formula is C23H21N3S. The number of rotatable bonds is 4. The number of nitrogens with zero attached hydrogens (tertiary/aromatic N) is 3. The summed E-state index contributed by atoms with van der Waals surface area (Å²) in [4.78, 5) is 4.72. The van der Waals surface area contributed by atoms with Crippen LogP contribution in [0.3, 0.4) is 0 Å². The highest BCUT2D eigenvalue weighted by atomic mass is 32.2. The van der Waals surface area contributed by atoms with E-state index in [1.165, 1.54) is 11.1 Å². The minimum atomic E-state index is 0.546. The monoisotopic (exact) mass is 371 g/mol. The first kappa shape index (κ1) is 17.6. The largest absolute Gasteiger partial charge is 0.286 e. The molecule has 0 radical (unpaired) electrons. The van der Waals surface area contributed by atoms with Gasteiger partial charge in [0.05, 0.1) is 21.6 Å². The van der Waals surface area contributed by atoms with E-state index in [2.05, 4.69) is 60.7 Å². The number of pyridine rings is 1. The van der Waals surface area contributed by atoms with E-state index in [1.807, 2.05) is 25.1 Å². The van der Waals surface area contributed by atoms with Crippen LogP contribution in [-0.4, -0.2) is 9.38 Å². The van der Waals surface area contributed by atoms with Gasteiger partial charge in [-0.1, -0.05) is 50.2 Å². The first-order valence-corrected chi connectivity index (χ1v) is 10.1. The maximum atomic E-state index is 9.60. The van der Waals surface area contributed by atoms with Crippen molar-refractivity contribution in [3.63, 3.8) is 0 Å². The van der Waals surface area contributed by atoms with Crippen LogP contribution >= 0.6 is 11.8 Å². The Labute approximate surface area is 163 Å². The van der Waals surface area contributed by atoms with Crippen molar-refractivity contribution in [2.45, 2.75) is 37.5 Å². The van der Waals surface area contributed by atoms with Gasteiger partial charge in [-0.05, 0) is 47.7 Å². The van der Waals surface area contributed by atoms with Crippen molar-refractivity contribution in [3.8, 4) is 6.07 Å². The number of benzene rings is 2. The zero-order valence-electron chi connectivity index (χ0n) is 15.7. The highest BCUT2D eigenvalue weighted by Crippen LogP contribution is 2.31. The number of fused-ring (bicyclic) bond motifs is 3. The lowest BCUT2D eigenvalue weighted by atomic mass is 10.0. The molecule has 134 valence electrons. The zero-order valence-corrected chi connectivity index (χ0v) is 16.5. The molecule has 2 heterocycles. The number of thioether (sulfide) groups is 1. The van der Waals surface area contributed by atoms with E-state index in [-0.39, 0.29) is 0 Å². The molecule has 0 saturated heterocycles. The van der Waals surface area contributed by atoms with Gasteiger partial charge in [0.25, 0.3) is 0 Å². The fourth-order valence-corrected chi connectivity index (χ4v) is 4.40. The van der Waals surface area contributed by atoms with Crippen LogP contribution < -0.4 is 0 Å². The summed E-state index contributed by atoms with van der Waals surface area (Å²) in [7, 11) is 0. The van der Waals surface area contributed by atoms with Crippen LogP contribution in [0.25, 0.3) is 16.7 Å². The molecule has 4 aromatic rings. The average molecular weight is 372 g/mol. The Hall–Kier alpha value is -2.77. The Balaban J connectivity index is 1.76. The zero-order chi connectivity index (χ0) is 19.0. The summed E-state index contributed by atoms with van der Waals surface area (Å²) in [5.74, 6) is 1.43. The molecule has 2 aromatic heterocycles. The number of para-hydroxylation sites is 2. The molecule has 0 fully saturated rings. The molecule has 4 heteroatoms. The Kier molecular flexibility index (Phi) is 4.63. The standard InChI is InChI=1S/C23H21N3S/c1-15(2)18-10-8-17(9-11-18)14-27-22-12-16(3)19(13-24)23-25-20-6-4-5-7-21(20)26(22)23/h4-12,15H,14H2,1-3H3. The molecule has 0 spiro atoms. The van der Waals surface area contributed by atoms with Crippen LogP contribution in [0.2, 0.25) is 0 Å². The molecule has 0 saturated carbocycles. The fraction of sp³-hybridized carbons (Fsp3) is 0.217. The number of imidazole rings is 1. The highest BCUT2D eigenvalue weighted by Gasteiger charge is 2.15. The third-order valence-electron chi connectivity index (χ3n) is 4.88. The molecule has 0 aliphatic rings. The van der Waals surface area contributed by atoms with Gasteiger partial charge in [-0.2, -0.15) is 5.26 Å². The SMILES string of the molecule is Cc1cc(SCc2ccc(C(C)C)cc2)n2c(nc3ccccc32)c1C#N. The minimum Gasteiger partial charge on any atom is -0.286 e. The molecule has 4 rings (SSSR count). The predicted molar refractivity (Wildman–Crippen MR) is 112 cm³/mol. The number of hydrogen-bond acceptors (Lipinski definition) is 3. The van der Waals surface area contributed by atoms with Crippen LogP contribution in [0.15, 0.2) is 59.6 Å². The van der Waals surface area contributed by atoms with Crippen molar-refractivity contribution in [2.75, 3.05) is 0 Å². The molecule has 0 amide bonds. The number of aryl methyl sites for hydroxylation is 1. The molecular weight excluding hydrogens is 350 g/mol. The van der Waals surface area contributed by atoms with Gasteiger partial charge >= 0.3 is 0 Å². The summed E-state index contributed by atoms with van der Waals surface area (Å²) in [5.41, 5.74) is 6.99. The third-order valence-corrected chi connectivity index (χ3v) is 5.96. The summed E-state index contributed by atoms with van der Waals surface area (Å²) >= 11 is 1.78. The van der Waals surface area contributed by atoms with E-state index in [0.717, 1.165) is 33.0 Å². The van der Waals surface area contributed by atoms with Crippen molar-refractivity contribution in [3.05, 3.63) is 76.9 Å². The van der Waals surface area contributed by atoms with Gasteiger partial charge in [0.1, 0.15) is 6.07 Å². The summed E-state index contributed by atoms with van der Waals surface area (Å²) in [6.07, 6.45) is 0. The lowest BCUT2D eigenvalue weighted by Crippen LogP contribution is -1.97. The highest BCUT2D eigenvalue weighted by molar-refractivity contribution is 7.98. The summed E-state index contributed by atoms with van der Waals surface area (Å²) in [5, 5.41) is 10.7. The van der Waals surface area contributed by atoms with E-state index in [4.69, 9.17) is 4.98 Å². The molecule has 3 nitrogen and oxygen atoms in total. The van der Waals surface area contributed by atoms with Gasteiger partial charge in [-0.3, -0.25) is 4.40 Å². The Bertz CT molecular complexity index is 1160. The van der Waals surface area contributed by atoms with Gasteiger partial charge in [-0.15, -0.1) is 11.8 Å². The average Bonchev–Trinajstić information content (AvgIpc) is 3.06. The lowest BCUT2D eigenvalue weighted by molar-refractivity contribution is 0.866. The summed E-state index contributed by atoms with van der Waals surface area (Å²) < 4.78 is 2.12. The second kappa shape index (κ2) is 7.09. The number of hydrogen-bond donors (Lipinski definition) is 0. The number of nitriles is 1. The maximum absolute atomic E-state index is 9.60. The van der Waals surface area contributed by atoms with Crippen molar-refractivity contribution >= 4 is 28.4 Å². The van der Waals surface area contributed by atoms with Gasteiger partial charge in [-0.25, -0.2) is 4.98 Å². The minimum absolute atomic E-state index is 0.546.